The van der Waals surface area contributed by atoms with Gasteiger partial charge in [0.25, 0.3) is 0 Å². The van der Waals surface area contributed by atoms with E-state index in [4.69, 9.17) is 0 Å². The van der Waals surface area contributed by atoms with Crippen LogP contribution < -0.4 is 0 Å². The third-order valence-electron chi connectivity index (χ3n) is 2.58. The first-order valence-corrected chi connectivity index (χ1v) is 4.99. The highest BCUT2D eigenvalue weighted by atomic mass is 14.8. The lowest BCUT2D eigenvalue weighted by Gasteiger charge is -2.11. The number of rotatable bonds is 2. The van der Waals surface area contributed by atoms with Gasteiger partial charge in [0.15, 0.2) is 0 Å². The Morgan fingerprint density at radius 1 is 0.833 bits per heavy atom. The van der Waals surface area contributed by atoms with E-state index >= 15 is 0 Å². The molecule has 0 aliphatic carbocycles. The van der Waals surface area contributed by atoms with Gasteiger partial charge in [0.05, 0.1) is 0 Å². The fourth-order valence-corrected chi connectivity index (χ4v) is 1.88. The Morgan fingerprint density at radius 3 is 2.08 bits per heavy atom. The highest BCUT2D eigenvalue weighted by Gasteiger charge is 2.11. The summed E-state index contributed by atoms with van der Waals surface area (Å²) >= 11 is 0. The van der Waals surface area contributed by atoms with Gasteiger partial charge in [-0.15, -0.1) is 0 Å². The predicted octanol–water partition coefficient (Wildman–Crippen LogP) is 2.24. The SMILES string of the molecule is C1CCC(CC2=NCCC2)=NC1. The number of hydrogen-bond donors (Lipinski definition) is 0. The molecule has 0 saturated carbocycles. The first-order chi connectivity index (χ1) is 5.95. The van der Waals surface area contributed by atoms with E-state index in [9.17, 15) is 0 Å². The van der Waals surface area contributed by atoms with Crippen molar-refractivity contribution in [3.63, 3.8) is 0 Å². The summed E-state index contributed by atoms with van der Waals surface area (Å²) in [7, 11) is 0. The van der Waals surface area contributed by atoms with E-state index in [-0.39, 0.29) is 0 Å². The van der Waals surface area contributed by atoms with Gasteiger partial charge in [0, 0.05) is 30.9 Å². The monoisotopic (exact) mass is 164 g/mol. The van der Waals surface area contributed by atoms with E-state index in [1.165, 1.54) is 43.5 Å². The maximum atomic E-state index is 4.53. The zero-order valence-corrected chi connectivity index (χ0v) is 7.55. The summed E-state index contributed by atoms with van der Waals surface area (Å²) < 4.78 is 0. The number of nitrogens with zero attached hydrogens (tertiary/aromatic N) is 2. The van der Waals surface area contributed by atoms with Gasteiger partial charge in [0.1, 0.15) is 0 Å². The van der Waals surface area contributed by atoms with Crippen LogP contribution in [0.5, 0.6) is 0 Å². The van der Waals surface area contributed by atoms with Gasteiger partial charge in [0.2, 0.25) is 0 Å². The largest absolute Gasteiger partial charge is 0.294 e. The van der Waals surface area contributed by atoms with Crippen LogP contribution in [0.1, 0.15) is 38.5 Å². The van der Waals surface area contributed by atoms with Crippen molar-refractivity contribution in [2.45, 2.75) is 38.5 Å². The van der Waals surface area contributed by atoms with Gasteiger partial charge in [-0.05, 0) is 32.1 Å². The molecule has 2 heterocycles. The van der Waals surface area contributed by atoms with Gasteiger partial charge in [-0.3, -0.25) is 9.98 Å². The Bertz CT molecular complexity index is 216. The molecule has 0 atom stereocenters. The molecule has 0 aromatic carbocycles. The van der Waals surface area contributed by atoms with Crippen LogP contribution in [0, 0.1) is 0 Å². The molecule has 0 bridgehead atoms. The molecule has 2 aliphatic heterocycles. The van der Waals surface area contributed by atoms with Crippen molar-refractivity contribution >= 4 is 11.4 Å². The van der Waals surface area contributed by atoms with Gasteiger partial charge in [-0.1, -0.05) is 0 Å². The van der Waals surface area contributed by atoms with Crippen LogP contribution in [0.3, 0.4) is 0 Å². The minimum Gasteiger partial charge on any atom is -0.294 e. The molecule has 0 saturated heterocycles. The first-order valence-electron chi connectivity index (χ1n) is 4.99. The van der Waals surface area contributed by atoms with E-state index in [0.29, 0.717) is 0 Å². The molecular weight excluding hydrogens is 148 g/mol. The minimum atomic E-state index is 1.06. The van der Waals surface area contributed by atoms with Crippen molar-refractivity contribution in [3.8, 4) is 0 Å². The van der Waals surface area contributed by atoms with E-state index in [0.717, 1.165) is 19.5 Å². The highest BCUT2D eigenvalue weighted by Crippen LogP contribution is 2.13. The Hall–Kier alpha value is -0.660. The fraction of sp³-hybridized carbons (Fsp3) is 0.800. The first kappa shape index (κ1) is 7.96. The third-order valence-corrected chi connectivity index (χ3v) is 2.58. The van der Waals surface area contributed by atoms with Gasteiger partial charge in [-0.2, -0.15) is 0 Å². The number of hydrogen-bond acceptors (Lipinski definition) is 2. The summed E-state index contributed by atoms with van der Waals surface area (Å²) in [5, 5.41) is 0. The van der Waals surface area contributed by atoms with Crippen LogP contribution in [0.15, 0.2) is 9.98 Å². The lowest BCUT2D eigenvalue weighted by atomic mass is 10.0. The summed E-state index contributed by atoms with van der Waals surface area (Å²) in [6.07, 6.45) is 7.42. The standard InChI is InChI=1S/C10H16N2/c1-2-6-11-9(4-1)8-10-5-3-7-12-10/h1-8H2. The van der Waals surface area contributed by atoms with Gasteiger partial charge >= 0.3 is 0 Å². The van der Waals surface area contributed by atoms with Crippen molar-refractivity contribution in [1.29, 1.82) is 0 Å². The molecule has 0 amide bonds. The minimum absolute atomic E-state index is 1.06. The zero-order chi connectivity index (χ0) is 8.23. The Balaban J connectivity index is 1.88. The van der Waals surface area contributed by atoms with E-state index < -0.39 is 0 Å². The number of aliphatic imine (C=N–C) groups is 2. The average molecular weight is 164 g/mol. The van der Waals surface area contributed by atoms with Crippen LogP contribution in [0.2, 0.25) is 0 Å². The molecule has 0 aromatic heterocycles. The fourth-order valence-electron chi connectivity index (χ4n) is 1.88. The second kappa shape index (κ2) is 3.83. The van der Waals surface area contributed by atoms with Gasteiger partial charge < -0.3 is 0 Å². The molecule has 0 unspecified atom stereocenters. The van der Waals surface area contributed by atoms with Crippen molar-refractivity contribution < 1.29 is 0 Å². The molecule has 0 N–H and O–H groups in total. The predicted molar refractivity (Wildman–Crippen MR) is 52.3 cm³/mol. The molecule has 0 radical (unpaired) electrons. The van der Waals surface area contributed by atoms with Gasteiger partial charge in [-0.25, -0.2) is 0 Å². The van der Waals surface area contributed by atoms with Crippen LogP contribution in [-0.2, 0) is 0 Å². The van der Waals surface area contributed by atoms with Crippen molar-refractivity contribution in [2.75, 3.05) is 13.1 Å². The molecule has 0 fully saturated rings. The summed E-state index contributed by atoms with van der Waals surface area (Å²) in [4.78, 5) is 8.99. The normalized spacial score (nSPS) is 23.7. The van der Waals surface area contributed by atoms with E-state index in [2.05, 4.69) is 9.98 Å². The van der Waals surface area contributed by atoms with Crippen LogP contribution in [-0.4, -0.2) is 24.5 Å². The molecule has 0 aromatic rings. The second-order valence-corrected chi connectivity index (χ2v) is 3.63. The lowest BCUT2D eigenvalue weighted by Crippen LogP contribution is -2.10. The average Bonchev–Trinajstić information content (AvgIpc) is 2.59. The highest BCUT2D eigenvalue weighted by molar-refractivity contribution is 6.05. The second-order valence-electron chi connectivity index (χ2n) is 3.63. The van der Waals surface area contributed by atoms with Crippen molar-refractivity contribution in [2.24, 2.45) is 9.98 Å². The van der Waals surface area contributed by atoms with E-state index in [1.807, 2.05) is 0 Å². The van der Waals surface area contributed by atoms with Crippen molar-refractivity contribution in [3.05, 3.63) is 0 Å². The maximum Gasteiger partial charge on any atom is 0.0392 e. The molecule has 12 heavy (non-hydrogen) atoms. The summed E-state index contributed by atoms with van der Waals surface area (Å²) in [5.74, 6) is 0. The van der Waals surface area contributed by atoms with Crippen LogP contribution in [0.4, 0.5) is 0 Å². The quantitative estimate of drug-likeness (QED) is 0.598. The topological polar surface area (TPSA) is 24.7 Å². The zero-order valence-electron chi connectivity index (χ0n) is 7.55. The summed E-state index contributed by atoms with van der Waals surface area (Å²) in [6.45, 7) is 2.12. The molecule has 2 rings (SSSR count). The molecule has 2 heteroatoms. The molecule has 2 nitrogen and oxygen atoms in total. The Morgan fingerprint density at radius 2 is 1.50 bits per heavy atom. The Labute approximate surface area is 73.8 Å². The summed E-state index contributed by atoms with van der Waals surface area (Å²) in [6, 6.07) is 0. The van der Waals surface area contributed by atoms with Crippen LogP contribution in [0.25, 0.3) is 0 Å². The van der Waals surface area contributed by atoms with Crippen molar-refractivity contribution in [1.82, 2.24) is 0 Å². The molecular formula is C10H16N2. The Kier molecular flexibility index (Phi) is 2.54. The molecule has 2 aliphatic rings. The maximum absolute atomic E-state index is 4.53. The lowest BCUT2D eigenvalue weighted by molar-refractivity contribution is 0.732. The van der Waals surface area contributed by atoms with Crippen LogP contribution >= 0.6 is 0 Å². The summed E-state index contributed by atoms with van der Waals surface area (Å²) in [5.41, 5.74) is 2.80. The van der Waals surface area contributed by atoms with E-state index in [1.54, 1.807) is 0 Å². The smallest absolute Gasteiger partial charge is 0.0392 e. The third kappa shape index (κ3) is 1.93. The molecule has 0 spiro atoms. The molecule has 66 valence electrons.